The molecular formula is C44H42O6. The number of phenolic OH excluding ortho intramolecular Hbond substituents is 4. The van der Waals surface area contributed by atoms with E-state index in [1.54, 1.807) is 72.8 Å². The van der Waals surface area contributed by atoms with Gasteiger partial charge in [0.05, 0.1) is 0 Å². The highest BCUT2D eigenvalue weighted by Crippen LogP contribution is 2.54. The van der Waals surface area contributed by atoms with E-state index < -0.39 is 10.8 Å². The fourth-order valence-electron chi connectivity index (χ4n) is 7.13. The normalized spacial score (nSPS) is 14.0. The second kappa shape index (κ2) is 13.2. The van der Waals surface area contributed by atoms with Crippen molar-refractivity contribution >= 4 is 0 Å². The Morgan fingerprint density at radius 1 is 0.360 bits per heavy atom. The molecule has 0 spiro atoms. The number of hydrogen-bond donors (Lipinski definition) is 4. The topological polar surface area (TPSA) is 99.4 Å². The van der Waals surface area contributed by atoms with Crippen LogP contribution in [-0.4, -0.2) is 20.4 Å². The standard InChI is InChI=1S/C40H30O6.2C2H6/c1-39(31-19-27(41)11-15-35(31)45-36-16-12-28(42)20-32(36)39)25-7-3-23(4-8-25)24-5-9-26(10-6-24)40(2)33-21-29(43)13-17-37(33)46-38-18-14-30(44)22-34(38)40;2*1-2/h3-22,41-44H,1-2H3;2*1-2H3. The number of ether oxygens (including phenoxy) is 2. The second-order valence-electron chi connectivity index (χ2n) is 12.3. The summed E-state index contributed by atoms with van der Waals surface area (Å²) in [5.41, 5.74) is 5.86. The fourth-order valence-corrected chi connectivity index (χ4v) is 7.13. The first-order valence-electron chi connectivity index (χ1n) is 17.1. The minimum atomic E-state index is -0.696. The third-order valence-corrected chi connectivity index (χ3v) is 9.70. The van der Waals surface area contributed by atoms with Crippen LogP contribution in [0.1, 0.15) is 74.9 Å². The summed E-state index contributed by atoms with van der Waals surface area (Å²) < 4.78 is 12.3. The average molecular weight is 667 g/mol. The summed E-state index contributed by atoms with van der Waals surface area (Å²) >= 11 is 0. The van der Waals surface area contributed by atoms with Crippen LogP contribution in [0.3, 0.4) is 0 Å². The van der Waals surface area contributed by atoms with Gasteiger partial charge in [-0.15, -0.1) is 0 Å². The maximum atomic E-state index is 10.4. The highest BCUT2D eigenvalue weighted by Gasteiger charge is 2.42. The molecule has 0 fully saturated rings. The van der Waals surface area contributed by atoms with Crippen molar-refractivity contribution in [2.24, 2.45) is 0 Å². The van der Waals surface area contributed by atoms with Gasteiger partial charge in [-0.25, -0.2) is 0 Å². The molecule has 254 valence electrons. The van der Waals surface area contributed by atoms with Crippen LogP contribution in [0.15, 0.2) is 121 Å². The summed E-state index contributed by atoms with van der Waals surface area (Å²) in [5, 5.41) is 41.6. The molecule has 8 rings (SSSR count). The highest BCUT2D eigenvalue weighted by atomic mass is 16.5. The van der Waals surface area contributed by atoms with Crippen LogP contribution in [0.2, 0.25) is 0 Å². The lowest BCUT2D eigenvalue weighted by Crippen LogP contribution is -2.29. The van der Waals surface area contributed by atoms with Crippen molar-refractivity contribution in [1.82, 2.24) is 0 Å². The quantitative estimate of drug-likeness (QED) is 0.150. The van der Waals surface area contributed by atoms with Gasteiger partial charge in [0.25, 0.3) is 0 Å². The molecule has 0 aromatic heterocycles. The lowest BCUT2D eigenvalue weighted by atomic mass is 9.68. The first kappa shape index (κ1) is 34.0. The Morgan fingerprint density at radius 3 is 0.840 bits per heavy atom. The van der Waals surface area contributed by atoms with Crippen molar-refractivity contribution in [2.45, 2.75) is 52.4 Å². The molecule has 0 unspecified atom stereocenters. The number of fused-ring (bicyclic) bond motifs is 4. The zero-order chi connectivity index (χ0) is 35.8. The molecule has 2 aliphatic heterocycles. The first-order chi connectivity index (χ1) is 24.1. The predicted molar refractivity (Wildman–Crippen MR) is 198 cm³/mol. The van der Waals surface area contributed by atoms with Crippen LogP contribution in [0.4, 0.5) is 0 Å². The van der Waals surface area contributed by atoms with E-state index in [4.69, 9.17) is 9.47 Å². The van der Waals surface area contributed by atoms with E-state index >= 15 is 0 Å². The lowest BCUT2D eigenvalue weighted by Gasteiger charge is -2.38. The highest BCUT2D eigenvalue weighted by molar-refractivity contribution is 5.70. The van der Waals surface area contributed by atoms with Gasteiger partial charge < -0.3 is 29.9 Å². The summed E-state index contributed by atoms with van der Waals surface area (Å²) in [6.45, 7) is 12.2. The third-order valence-electron chi connectivity index (χ3n) is 9.70. The van der Waals surface area contributed by atoms with Gasteiger partial charge in [-0.1, -0.05) is 76.2 Å². The zero-order valence-corrected chi connectivity index (χ0v) is 29.2. The number of hydrogen-bond acceptors (Lipinski definition) is 6. The third kappa shape index (κ3) is 5.47. The Kier molecular flexibility index (Phi) is 8.98. The molecule has 6 heteroatoms. The van der Waals surface area contributed by atoms with E-state index in [1.165, 1.54) is 0 Å². The van der Waals surface area contributed by atoms with Gasteiger partial charge in [-0.2, -0.15) is 0 Å². The summed E-state index contributed by atoms with van der Waals surface area (Å²) in [6.07, 6.45) is 0. The van der Waals surface area contributed by atoms with Crippen LogP contribution in [0, 0.1) is 0 Å². The smallest absolute Gasteiger partial charge is 0.132 e. The number of rotatable bonds is 3. The molecule has 4 N–H and O–H groups in total. The van der Waals surface area contributed by atoms with Gasteiger partial charge in [-0.05, 0) is 109 Å². The molecule has 0 atom stereocenters. The molecule has 0 saturated heterocycles. The van der Waals surface area contributed by atoms with E-state index in [1.807, 2.05) is 27.7 Å². The van der Waals surface area contributed by atoms with Crippen molar-refractivity contribution in [3.8, 4) is 57.1 Å². The molecule has 0 bridgehead atoms. The molecule has 0 saturated carbocycles. The van der Waals surface area contributed by atoms with E-state index in [0.29, 0.717) is 23.0 Å². The molecule has 6 nitrogen and oxygen atoms in total. The molecule has 0 radical (unpaired) electrons. The van der Waals surface area contributed by atoms with E-state index in [0.717, 1.165) is 44.5 Å². The summed E-state index contributed by atoms with van der Waals surface area (Å²) in [6, 6.07) is 37.0. The summed E-state index contributed by atoms with van der Waals surface area (Å²) in [7, 11) is 0. The molecule has 0 aliphatic carbocycles. The van der Waals surface area contributed by atoms with Gasteiger partial charge in [-0.3, -0.25) is 0 Å². The van der Waals surface area contributed by atoms with Gasteiger partial charge >= 0.3 is 0 Å². The fraction of sp³-hybridized carbons (Fsp3) is 0.182. The van der Waals surface area contributed by atoms with Crippen molar-refractivity contribution < 1.29 is 29.9 Å². The predicted octanol–water partition coefficient (Wildman–Crippen LogP) is 11.1. The Labute approximate surface area is 293 Å². The molecule has 2 aliphatic rings. The van der Waals surface area contributed by atoms with Crippen molar-refractivity contribution in [2.75, 3.05) is 0 Å². The molecule has 2 heterocycles. The van der Waals surface area contributed by atoms with E-state index in [2.05, 4.69) is 62.4 Å². The maximum absolute atomic E-state index is 10.4. The van der Waals surface area contributed by atoms with Crippen LogP contribution < -0.4 is 9.47 Å². The number of aromatic hydroxyl groups is 4. The van der Waals surface area contributed by atoms with E-state index in [9.17, 15) is 20.4 Å². The van der Waals surface area contributed by atoms with Crippen LogP contribution >= 0.6 is 0 Å². The molecule has 50 heavy (non-hydrogen) atoms. The van der Waals surface area contributed by atoms with Crippen LogP contribution in [0.5, 0.6) is 46.0 Å². The summed E-state index contributed by atoms with van der Waals surface area (Å²) in [4.78, 5) is 0. The molecular weight excluding hydrogens is 624 g/mol. The zero-order valence-electron chi connectivity index (χ0n) is 29.2. The summed E-state index contributed by atoms with van der Waals surface area (Å²) in [5.74, 6) is 3.19. The number of phenols is 4. The van der Waals surface area contributed by atoms with Gasteiger partial charge in [0, 0.05) is 33.1 Å². The van der Waals surface area contributed by atoms with Gasteiger partial charge in [0.2, 0.25) is 0 Å². The van der Waals surface area contributed by atoms with Crippen LogP contribution in [-0.2, 0) is 10.8 Å². The Hall–Kier alpha value is -5.88. The largest absolute Gasteiger partial charge is 0.508 e. The average Bonchev–Trinajstić information content (AvgIpc) is 3.15. The first-order valence-corrected chi connectivity index (χ1v) is 17.1. The van der Waals surface area contributed by atoms with Crippen molar-refractivity contribution in [3.05, 3.63) is 155 Å². The van der Waals surface area contributed by atoms with E-state index in [-0.39, 0.29) is 23.0 Å². The molecule has 6 aromatic carbocycles. The number of benzene rings is 6. The molecule has 0 amide bonds. The monoisotopic (exact) mass is 666 g/mol. The second-order valence-corrected chi connectivity index (χ2v) is 12.3. The van der Waals surface area contributed by atoms with Crippen molar-refractivity contribution in [3.63, 3.8) is 0 Å². The minimum Gasteiger partial charge on any atom is -0.508 e. The maximum Gasteiger partial charge on any atom is 0.132 e. The van der Waals surface area contributed by atoms with Crippen LogP contribution in [0.25, 0.3) is 11.1 Å². The van der Waals surface area contributed by atoms with Crippen molar-refractivity contribution in [1.29, 1.82) is 0 Å². The Morgan fingerprint density at radius 2 is 0.600 bits per heavy atom. The van der Waals surface area contributed by atoms with Gasteiger partial charge in [0.15, 0.2) is 0 Å². The Balaban J connectivity index is 0.00000104. The Bertz CT molecular complexity index is 1910. The van der Waals surface area contributed by atoms with Gasteiger partial charge in [0.1, 0.15) is 46.0 Å². The SMILES string of the molecule is CC.CC.CC1(c2ccc(-c3ccc(C4(C)c5cc(O)ccc5Oc5ccc(O)cc54)cc3)cc2)c2cc(O)ccc2Oc2ccc(O)cc21. The lowest BCUT2D eigenvalue weighted by molar-refractivity contribution is 0.414. The molecule has 6 aromatic rings. The minimum absolute atomic E-state index is 0.141.